The molecule has 8 heteroatoms. The van der Waals surface area contributed by atoms with E-state index in [9.17, 15) is 13.5 Å². The molecule has 0 radical (unpaired) electrons. The van der Waals surface area contributed by atoms with Crippen molar-refractivity contribution in [1.29, 1.82) is 0 Å². The van der Waals surface area contributed by atoms with Crippen molar-refractivity contribution in [3.05, 3.63) is 42.0 Å². The summed E-state index contributed by atoms with van der Waals surface area (Å²) in [6.07, 6.45) is 3.01. The van der Waals surface area contributed by atoms with Gasteiger partial charge < -0.3 is 9.67 Å². The van der Waals surface area contributed by atoms with Gasteiger partial charge >= 0.3 is 0 Å². The van der Waals surface area contributed by atoms with Crippen LogP contribution in [0, 0.1) is 6.92 Å². The van der Waals surface area contributed by atoms with Crippen molar-refractivity contribution in [1.82, 2.24) is 19.1 Å². The zero-order valence-corrected chi connectivity index (χ0v) is 14.7. The molecule has 24 heavy (non-hydrogen) atoms. The van der Waals surface area contributed by atoms with Crippen molar-refractivity contribution in [2.75, 3.05) is 13.1 Å². The van der Waals surface area contributed by atoms with Crippen LogP contribution in [0.1, 0.15) is 24.2 Å². The van der Waals surface area contributed by atoms with Crippen molar-refractivity contribution in [2.24, 2.45) is 7.05 Å². The van der Waals surface area contributed by atoms with E-state index in [-0.39, 0.29) is 17.9 Å². The summed E-state index contributed by atoms with van der Waals surface area (Å²) < 4.78 is 28.9. The smallest absolute Gasteiger partial charge is 0.243 e. The first-order chi connectivity index (χ1) is 11.3. The summed E-state index contributed by atoms with van der Waals surface area (Å²) in [4.78, 5) is 0.269. The second-order valence-electron chi connectivity index (χ2n) is 6.52. The second kappa shape index (κ2) is 6.27. The Labute approximate surface area is 142 Å². The Kier molecular flexibility index (Phi) is 4.46. The van der Waals surface area contributed by atoms with Crippen LogP contribution in [0.2, 0.25) is 0 Å². The molecule has 1 aliphatic rings. The third-order valence-corrected chi connectivity index (χ3v) is 6.28. The molecule has 1 unspecified atom stereocenters. The summed E-state index contributed by atoms with van der Waals surface area (Å²) in [5, 5.41) is 18.7. The topological polar surface area (TPSA) is 88.3 Å². The first-order valence-electron chi connectivity index (χ1n) is 7.92. The highest BCUT2D eigenvalue weighted by Crippen LogP contribution is 2.29. The molecular weight excluding hydrogens is 328 g/mol. The Bertz CT molecular complexity index is 833. The second-order valence-corrected chi connectivity index (χ2v) is 8.46. The summed E-state index contributed by atoms with van der Waals surface area (Å²) >= 11 is 0. The van der Waals surface area contributed by atoms with Crippen LogP contribution in [0.4, 0.5) is 0 Å². The summed E-state index contributed by atoms with van der Waals surface area (Å²) in [5.74, 6) is 0.646. The molecule has 3 rings (SSSR count). The fraction of sp³-hybridized carbons (Fsp3) is 0.500. The average molecular weight is 350 g/mol. The number of hydrogen-bond acceptors (Lipinski definition) is 5. The van der Waals surface area contributed by atoms with Gasteiger partial charge in [-0.1, -0.05) is 12.1 Å². The highest BCUT2D eigenvalue weighted by Gasteiger charge is 2.39. The molecule has 1 atom stereocenters. The fourth-order valence-electron chi connectivity index (χ4n) is 3.11. The van der Waals surface area contributed by atoms with Crippen molar-refractivity contribution >= 4 is 10.0 Å². The lowest BCUT2D eigenvalue weighted by Gasteiger charge is -2.38. The molecule has 2 aromatic rings. The summed E-state index contributed by atoms with van der Waals surface area (Å²) in [7, 11) is -1.81. The zero-order valence-electron chi connectivity index (χ0n) is 13.9. The predicted molar refractivity (Wildman–Crippen MR) is 88.8 cm³/mol. The van der Waals surface area contributed by atoms with Crippen LogP contribution >= 0.6 is 0 Å². The minimum absolute atomic E-state index is 0.0656. The van der Waals surface area contributed by atoms with E-state index in [4.69, 9.17) is 0 Å². The van der Waals surface area contributed by atoms with Crippen molar-refractivity contribution < 1.29 is 13.5 Å². The van der Waals surface area contributed by atoms with Gasteiger partial charge in [-0.05, 0) is 37.5 Å². The van der Waals surface area contributed by atoms with Crippen LogP contribution < -0.4 is 0 Å². The Morgan fingerprint density at radius 1 is 1.38 bits per heavy atom. The van der Waals surface area contributed by atoms with Crippen LogP contribution in [-0.4, -0.2) is 51.3 Å². The maximum Gasteiger partial charge on any atom is 0.243 e. The standard InChI is InChI=1S/C16H22N4O3S/c1-13-5-3-6-14(9-13)24(22,23)20-8-4-7-16(21,11-20)10-15-18-17-12-19(15)2/h3,5-6,9,12,21H,4,7-8,10-11H2,1-2H3. The van der Waals surface area contributed by atoms with Crippen molar-refractivity contribution in [2.45, 2.75) is 36.7 Å². The number of piperidine rings is 1. The van der Waals surface area contributed by atoms with Gasteiger partial charge in [0, 0.05) is 26.6 Å². The van der Waals surface area contributed by atoms with Gasteiger partial charge in [-0.25, -0.2) is 8.42 Å². The summed E-state index contributed by atoms with van der Waals surface area (Å²) in [5.41, 5.74) is -0.238. The predicted octanol–water partition coefficient (Wildman–Crippen LogP) is 0.882. The molecule has 0 bridgehead atoms. The van der Waals surface area contributed by atoms with E-state index in [1.54, 1.807) is 29.1 Å². The van der Waals surface area contributed by atoms with E-state index in [0.29, 0.717) is 25.2 Å². The molecule has 0 spiro atoms. The highest BCUT2D eigenvalue weighted by atomic mass is 32.2. The number of aromatic nitrogens is 3. The van der Waals surface area contributed by atoms with Gasteiger partial charge in [0.05, 0.1) is 10.5 Å². The van der Waals surface area contributed by atoms with E-state index in [1.807, 2.05) is 20.0 Å². The zero-order chi connectivity index (χ0) is 17.4. The molecular formula is C16H22N4O3S. The van der Waals surface area contributed by atoms with E-state index >= 15 is 0 Å². The minimum atomic E-state index is -3.61. The molecule has 1 aromatic carbocycles. The average Bonchev–Trinajstić information content (AvgIpc) is 2.92. The van der Waals surface area contributed by atoms with Crippen LogP contribution in [0.15, 0.2) is 35.5 Å². The molecule has 2 heterocycles. The van der Waals surface area contributed by atoms with Crippen LogP contribution in [0.25, 0.3) is 0 Å². The molecule has 7 nitrogen and oxygen atoms in total. The monoisotopic (exact) mass is 350 g/mol. The number of β-amino-alcohol motifs (C(OH)–C–C–N with tert-alkyl or cyclic N) is 1. The third kappa shape index (κ3) is 3.35. The first kappa shape index (κ1) is 17.1. The van der Waals surface area contributed by atoms with Crippen molar-refractivity contribution in [3.8, 4) is 0 Å². The van der Waals surface area contributed by atoms with Gasteiger partial charge in [0.15, 0.2) is 0 Å². The molecule has 1 aliphatic heterocycles. The number of aliphatic hydroxyl groups is 1. The minimum Gasteiger partial charge on any atom is -0.388 e. The Balaban J connectivity index is 1.83. The summed E-state index contributed by atoms with van der Waals surface area (Å²) in [6, 6.07) is 6.85. The van der Waals surface area contributed by atoms with Gasteiger partial charge in [0.2, 0.25) is 10.0 Å². The van der Waals surface area contributed by atoms with Crippen LogP contribution in [-0.2, 0) is 23.5 Å². The lowest BCUT2D eigenvalue weighted by atomic mass is 9.90. The fourth-order valence-corrected chi connectivity index (χ4v) is 4.77. The largest absolute Gasteiger partial charge is 0.388 e. The molecule has 1 fully saturated rings. The number of aryl methyl sites for hydroxylation is 2. The molecule has 1 saturated heterocycles. The quantitative estimate of drug-likeness (QED) is 0.884. The van der Waals surface area contributed by atoms with E-state index in [0.717, 1.165) is 5.56 Å². The Hall–Kier alpha value is -1.77. The molecule has 0 amide bonds. The van der Waals surface area contributed by atoms with Crippen molar-refractivity contribution in [3.63, 3.8) is 0 Å². The number of sulfonamides is 1. The van der Waals surface area contributed by atoms with E-state index in [1.165, 1.54) is 4.31 Å². The number of rotatable bonds is 4. The normalized spacial score (nSPS) is 22.6. The van der Waals surface area contributed by atoms with Gasteiger partial charge in [-0.2, -0.15) is 4.31 Å². The highest BCUT2D eigenvalue weighted by molar-refractivity contribution is 7.89. The molecule has 1 N–H and O–H groups in total. The van der Waals surface area contributed by atoms with E-state index in [2.05, 4.69) is 10.2 Å². The van der Waals surface area contributed by atoms with Crippen LogP contribution in [0.5, 0.6) is 0 Å². The Morgan fingerprint density at radius 2 is 2.17 bits per heavy atom. The van der Waals surface area contributed by atoms with Gasteiger partial charge in [-0.3, -0.25) is 0 Å². The number of benzene rings is 1. The van der Waals surface area contributed by atoms with Gasteiger partial charge in [0.25, 0.3) is 0 Å². The maximum atomic E-state index is 12.9. The summed E-state index contributed by atoms with van der Waals surface area (Å²) in [6.45, 7) is 2.34. The third-order valence-electron chi connectivity index (χ3n) is 4.44. The molecule has 0 aliphatic carbocycles. The molecule has 0 saturated carbocycles. The van der Waals surface area contributed by atoms with Crippen LogP contribution in [0.3, 0.4) is 0 Å². The molecule has 130 valence electrons. The number of hydrogen-bond donors (Lipinski definition) is 1. The van der Waals surface area contributed by atoms with Gasteiger partial charge in [-0.15, -0.1) is 10.2 Å². The number of nitrogens with zero attached hydrogens (tertiary/aromatic N) is 4. The van der Waals surface area contributed by atoms with E-state index < -0.39 is 15.6 Å². The SMILES string of the molecule is Cc1cccc(S(=O)(=O)N2CCCC(O)(Cc3nncn3C)C2)c1. The molecule has 1 aromatic heterocycles. The maximum absolute atomic E-state index is 12.9. The lowest BCUT2D eigenvalue weighted by molar-refractivity contribution is -0.00931. The first-order valence-corrected chi connectivity index (χ1v) is 9.36. The Morgan fingerprint density at radius 3 is 2.83 bits per heavy atom. The lowest BCUT2D eigenvalue weighted by Crippen LogP contribution is -2.51. The van der Waals surface area contributed by atoms with Gasteiger partial charge in [0.1, 0.15) is 12.2 Å².